The highest BCUT2D eigenvalue weighted by molar-refractivity contribution is 5.80. The minimum Gasteiger partial charge on any atom is -0.368 e. The molecule has 8 nitrogen and oxygen atoms in total. The van der Waals surface area contributed by atoms with Gasteiger partial charge >= 0.3 is 0 Å². The molecular formula is C24H34N8. The molecule has 0 saturated carbocycles. The molecular weight excluding hydrogens is 400 g/mol. The maximum Gasteiger partial charge on any atom is 0.191 e. The van der Waals surface area contributed by atoms with E-state index in [2.05, 4.69) is 41.4 Å². The number of fused-ring (bicyclic) bond motifs is 1. The standard InChI is InChI=1S/C24H34N8/c1-26-24(27-14-7-13-23-30-29-22-12-3-2-6-16-32(22)23)28-20-10-8-15-31(18-20)21-11-5-4-9-19(21)17-25/h4-5,9,11,20H,2-3,6-8,10,12-16,18H2,1H3,(H2,26,27,28). The quantitative estimate of drug-likeness (QED) is 0.412. The van der Waals surface area contributed by atoms with E-state index in [0.717, 1.165) is 87.1 Å². The van der Waals surface area contributed by atoms with Crippen molar-refractivity contribution in [2.24, 2.45) is 4.99 Å². The summed E-state index contributed by atoms with van der Waals surface area (Å²) in [5.74, 6) is 3.11. The molecule has 3 heterocycles. The third-order valence-corrected chi connectivity index (χ3v) is 6.41. The minimum absolute atomic E-state index is 0.300. The van der Waals surface area contributed by atoms with Gasteiger partial charge in [-0.25, -0.2) is 0 Å². The SMILES string of the molecule is CN=C(NCCCc1nnc2n1CCCCC2)NC1CCCN(c2ccccc2C#N)C1. The van der Waals surface area contributed by atoms with E-state index in [4.69, 9.17) is 0 Å². The fourth-order valence-corrected chi connectivity index (χ4v) is 4.73. The van der Waals surface area contributed by atoms with Crippen molar-refractivity contribution in [1.29, 1.82) is 5.26 Å². The summed E-state index contributed by atoms with van der Waals surface area (Å²) in [4.78, 5) is 6.73. The molecule has 1 saturated heterocycles. The first-order valence-corrected chi connectivity index (χ1v) is 11.9. The van der Waals surface area contributed by atoms with Gasteiger partial charge < -0.3 is 20.1 Å². The van der Waals surface area contributed by atoms with Crippen LogP contribution in [0.4, 0.5) is 5.69 Å². The summed E-state index contributed by atoms with van der Waals surface area (Å²) in [6, 6.07) is 10.5. The summed E-state index contributed by atoms with van der Waals surface area (Å²) in [5, 5.41) is 25.3. The predicted octanol–water partition coefficient (Wildman–Crippen LogP) is 2.64. The number of aryl methyl sites for hydroxylation is 2. The molecule has 2 aromatic rings. The highest BCUT2D eigenvalue weighted by Gasteiger charge is 2.22. The van der Waals surface area contributed by atoms with Gasteiger partial charge in [0.2, 0.25) is 0 Å². The summed E-state index contributed by atoms with van der Waals surface area (Å²) in [6.45, 7) is 3.74. The average Bonchev–Trinajstić information content (AvgIpc) is 3.06. The number of piperidine rings is 1. The van der Waals surface area contributed by atoms with E-state index >= 15 is 0 Å². The number of nitriles is 1. The Balaban J connectivity index is 1.25. The van der Waals surface area contributed by atoms with Crippen LogP contribution in [0.2, 0.25) is 0 Å². The van der Waals surface area contributed by atoms with Gasteiger partial charge in [-0.2, -0.15) is 5.26 Å². The summed E-state index contributed by atoms with van der Waals surface area (Å²) in [7, 11) is 1.82. The van der Waals surface area contributed by atoms with Crippen LogP contribution in [-0.4, -0.2) is 53.4 Å². The van der Waals surface area contributed by atoms with E-state index in [0.29, 0.717) is 6.04 Å². The molecule has 170 valence electrons. The normalized spacial score (nSPS) is 19.1. The number of para-hydroxylation sites is 1. The van der Waals surface area contributed by atoms with Crippen LogP contribution >= 0.6 is 0 Å². The van der Waals surface area contributed by atoms with Crippen molar-refractivity contribution < 1.29 is 0 Å². The largest absolute Gasteiger partial charge is 0.368 e. The molecule has 1 aromatic carbocycles. The topological polar surface area (TPSA) is 94.2 Å². The lowest BCUT2D eigenvalue weighted by Gasteiger charge is -2.35. The Morgan fingerprint density at radius 2 is 2.09 bits per heavy atom. The second-order valence-corrected chi connectivity index (χ2v) is 8.66. The van der Waals surface area contributed by atoms with Crippen LogP contribution in [0.5, 0.6) is 0 Å². The van der Waals surface area contributed by atoms with Gasteiger partial charge in [-0.15, -0.1) is 10.2 Å². The molecule has 1 fully saturated rings. The molecule has 1 atom stereocenters. The summed E-state index contributed by atoms with van der Waals surface area (Å²) >= 11 is 0. The van der Waals surface area contributed by atoms with Gasteiger partial charge in [0.25, 0.3) is 0 Å². The number of benzene rings is 1. The molecule has 2 aliphatic heterocycles. The summed E-state index contributed by atoms with van der Waals surface area (Å²) < 4.78 is 2.33. The van der Waals surface area contributed by atoms with Gasteiger partial charge in [0, 0.05) is 52.1 Å². The highest BCUT2D eigenvalue weighted by Crippen LogP contribution is 2.23. The van der Waals surface area contributed by atoms with Crippen molar-refractivity contribution >= 4 is 11.6 Å². The molecule has 1 unspecified atom stereocenters. The zero-order valence-corrected chi connectivity index (χ0v) is 19.1. The Morgan fingerprint density at radius 1 is 1.19 bits per heavy atom. The van der Waals surface area contributed by atoms with E-state index in [-0.39, 0.29) is 0 Å². The van der Waals surface area contributed by atoms with Crippen molar-refractivity contribution in [1.82, 2.24) is 25.4 Å². The average molecular weight is 435 g/mol. The lowest BCUT2D eigenvalue weighted by Crippen LogP contribution is -2.51. The number of nitrogens with one attached hydrogen (secondary N) is 2. The molecule has 32 heavy (non-hydrogen) atoms. The number of guanidine groups is 1. The zero-order chi connectivity index (χ0) is 22.2. The third-order valence-electron chi connectivity index (χ3n) is 6.41. The second-order valence-electron chi connectivity index (χ2n) is 8.66. The number of hydrogen-bond donors (Lipinski definition) is 2. The van der Waals surface area contributed by atoms with Crippen LogP contribution in [0.25, 0.3) is 0 Å². The van der Waals surface area contributed by atoms with E-state index in [1.54, 1.807) is 0 Å². The molecule has 0 radical (unpaired) electrons. The maximum absolute atomic E-state index is 9.44. The first-order valence-electron chi connectivity index (χ1n) is 11.9. The van der Waals surface area contributed by atoms with E-state index in [1.165, 1.54) is 19.3 Å². The monoisotopic (exact) mass is 434 g/mol. The molecule has 8 heteroatoms. The smallest absolute Gasteiger partial charge is 0.191 e. The van der Waals surface area contributed by atoms with Gasteiger partial charge in [0.05, 0.1) is 11.3 Å². The van der Waals surface area contributed by atoms with Crippen LogP contribution in [0.3, 0.4) is 0 Å². The Bertz CT molecular complexity index is 957. The Labute approximate surface area is 190 Å². The van der Waals surface area contributed by atoms with Crippen LogP contribution in [0, 0.1) is 11.3 Å². The number of rotatable bonds is 6. The van der Waals surface area contributed by atoms with Gasteiger partial charge in [-0.3, -0.25) is 4.99 Å². The van der Waals surface area contributed by atoms with Crippen molar-refractivity contribution in [2.75, 3.05) is 31.6 Å². The molecule has 0 spiro atoms. The van der Waals surface area contributed by atoms with Crippen LogP contribution < -0.4 is 15.5 Å². The molecule has 2 N–H and O–H groups in total. The number of hydrogen-bond acceptors (Lipinski definition) is 5. The fraction of sp³-hybridized carbons (Fsp3) is 0.583. The van der Waals surface area contributed by atoms with E-state index in [1.807, 2.05) is 31.3 Å². The van der Waals surface area contributed by atoms with Crippen molar-refractivity contribution in [2.45, 2.75) is 64.0 Å². The summed E-state index contributed by atoms with van der Waals surface area (Å²) in [5.41, 5.74) is 1.76. The Kier molecular flexibility index (Phi) is 7.59. The van der Waals surface area contributed by atoms with Gasteiger partial charge in [-0.05, 0) is 44.2 Å². The first kappa shape index (κ1) is 22.1. The van der Waals surface area contributed by atoms with Crippen LogP contribution in [0.1, 0.15) is 55.7 Å². The second kappa shape index (κ2) is 11.0. The minimum atomic E-state index is 0.300. The Hall–Kier alpha value is -3.08. The van der Waals surface area contributed by atoms with Crippen LogP contribution in [-0.2, 0) is 19.4 Å². The van der Waals surface area contributed by atoms with Crippen LogP contribution in [0.15, 0.2) is 29.3 Å². The molecule has 2 aliphatic rings. The maximum atomic E-state index is 9.44. The summed E-state index contributed by atoms with van der Waals surface area (Å²) in [6.07, 6.45) is 8.90. The van der Waals surface area contributed by atoms with Crippen molar-refractivity contribution in [3.05, 3.63) is 41.5 Å². The zero-order valence-electron chi connectivity index (χ0n) is 19.1. The number of aromatic nitrogens is 3. The Morgan fingerprint density at radius 3 is 2.97 bits per heavy atom. The third kappa shape index (κ3) is 5.39. The first-order chi connectivity index (χ1) is 15.8. The molecule has 4 rings (SSSR count). The number of aliphatic imine (C=N–C) groups is 1. The van der Waals surface area contributed by atoms with Crippen molar-refractivity contribution in [3.8, 4) is 6.07 Å². The highest BCUT2D eigenvalue weighted by atomic mass is 15.3. The number of anilines is 1. The van der Waals surface area contributed by atoms with Gasteiger partial charge in [-0.1, -0.05) is 18.6 Å². The van der Waals surface area contributed by atoms with Gasteiger partial charge in [0.15, 0.2) is 5.96 Å². The predicted molar refractivity (Wildman–Crippen MR) is 127 cm³/mol. The lowest BCUT2D eigenvalue weighted by atomic mass is 10.0. The molecule has 0 aliphatic carbocycles. The molecule has 1 aromatic heterocycles. The van der Waals surface area contributed by atoms with E-state index in [9.17, 15) is 5.26 Å². The fourth-order valence-electron chi connectivity index (χ4n) is 4.73. The number of nitrogens with zero attached hydrogens (tertiary/aromatic N) is 6. The van der Waals surface area contributed by atoms with Crippen molar-refractivity contribution in [3.63, 3.8) is 0 Å². The lowest BCUT2D eigenvalue weighted by molar-refractivity contribution is 0.467. The molecule has 0 bridgehead atoms. The van der Waals surface area contributed by atoms with Gasteiger partial charge in [0.1, 0.15) is 17.7 Å². The van der Waals surface area contributed by atoms with E-state index < -0.39 is 0 Å². The molecule has 0 amide bonds.